The van der Waals surface area contributed by atoms with Crippen molar-refractivity contribution in [2.75, 3.05) is 52.9 Å². The molecule has 8 aliphatic rings. The Balaban J connectivity index is 1.14. The zero-order valence-corrected chi connectivity index (χ0v) is 51.4. The summed E-state index contributed by atoms with van der Waals surface area (Å²) in [5.74, 6) is -2.59. The molecule has 0 saturated carbocycles. The van der Waals surface area contributed by atoms with Gasteiger partial charge in [-0.2, -0.15) is 0 Å². The first kappa shape index (κ1) is 78.6. The molecule has 8 rings (SSSR count). The predicted molar refractivity (Wildman–Crippen MR) is 293 cm³/mol. The van der Waals surface area contributed by atoms with Crippen molar-refractivity contribution in [2.24, 2.45) is 0 Å². The van der Waals surface area contributed by atoms with Crippen LogP contribution in [0.5, 0.6) is 0 Å². The van der Waals surface area contributed by atoms with Gasteiger partial charge in [0.25, 0.3) is 0 Å². The highest BCUT2D eigenvalue weighted by Gasteiger charge is 2.60. The lowest BCUT2D eigenvalue weighted by molar-refractivity contribution is -0.405. The van der Waals surface area contributed by atoms with Gasteiger partial charge in [-0.15, -0.1) is 0 Å². The van der Waals surface area contributed by atoms with Gasteiger partial charge in [-0.3, -0.25) is 14.4 Å². The first-order chi connectivity index (χ1) is 45.4. The Bertz CT molecular complexity index is 2460. The molecule has 8 aliphatic heterocycles. The van der Waals surface area contributed by atoms with Crippen molar-refractivity contribution in [2.45, 2.75) is 260 Å². The number of hydrogen-bond acceptors (Lipinski definition) is 40. The Morgan fingerprint density at radius 3 is 1.11 bits per heavy atom. The molecule has 0 radical (unpaired) electrons. The summed E-state index contributed by atoms with van der Waals surface area (Å²) in [7, 11) is 0. The van der Waals surface area contributed by atoms with Gasteiger partial charge in [-0.1, -0.05) is 0 Å². The van der Waals surface area contributed by atoms with Gasteiger partial charge in [0, 0.05) is 20.8 Å². The second kappa shape index (κ2) is 34.3. The summed E-state index contributed by atoms with van der Waals surface area (Å²) < 4.78 is 88.7. The third kappa shape index (κ3) is 17.2. The van der Waals surface area contributed by atoms with Gasteiger partial charge in [-0.25, -0.2) is 0 Å². The van der Waals surface area contributed by atoms with Crippen LogP contribution < -0.4 is 16.0 Å². The molecule has 0 bridgehead atoms. The SMILES string of the molecule is CC(=O)N[C@@H]1[C@@H](O)[C@H](O[C@@H]2O[C@H](CO)[C@@H](O[C@@H]3O[C@H](CO[C@H]4O[C@H](CO)[C@@H](O)[C@H](O)[C@@H]4O[C@@H]4O[C@H](CO)[C@@H](O[C@@H]5O[C@H](CO)[C@H](O)[C@H](O)[C@H]5O)[C@H](O)[C@H]4NC(C)=O)[C@@H](O)[C@H](O[C@H]4O[C@H](CO)[C@@H](O)[C@H](O)[C@@H]4O)[C@@H]3O[C@@H]3OC[C@@H](O)[C@H](O)[C@H]3O)[C@H](O)[C@H]2NC(C)=O)[C@@H](CO)O[C@H]1O. The molecule has 8 fully saturated rings. The molecular formula is C53H89N3O40. The number of ether oxygens (including phenoxy) is 15. The second-order valence-corrected chi connectivity index (χ2v) is 24.2. The number of carbonyl (C=O) groups excluding carboxylic acids is 3. The summed E-state index contributed by atoms with van der Waals surface area (Å²) in [5, 5.41) is 248. The number of amides is 3. The van der Waals surface area contributed by atoms with Crippen LogP contribution in [0.1, 0.15) is 20.8 Å². The smallest absolute Gasteiger partial charge is 0.217 e. The van der Waals surface area contributed by atoms with Gasteiger partial charge in [0.1, 0.15) is 189 Å². The van der Waals surface area contributed by atoms with Crippen molar-refractivity contribution in [3.63, 3.8) is 0 Å². The Hall–Kier alpha value is -3.07. The maximum atomic E-state index is 12.9. The summed E-state index contributed by atoms with van der Waals surface area (Å²) >= 11 is 0. The van der Waals surface area contributed by atoms with Crippen molar-refractivity contribution in [3.05, 3.63) is 0 Å². The summed E-state index contributed by atoms with van der Waals surface area (Å²) in [6, 6.07) is -5.37. The molecule has 8 saturated heterocycles. The number of hydrogen-bond donors (Lipinski definition) is 25. The van der Waals surface area contributed by atoms with Crippen molar-refractivity contribution in [1.82, 2.24) is 16.0 Å². The average molecular weight is 1410 g/mol. The molecule has 0 spiro atoms. The third-order valence-electron chi connectivity index (χ3n) is 17.5. The molecule has 8 heterocycles. The Morgan fingerprint density at radius 2 is 0.656 bits per heavy atom. The first-order valence-electron chi connectivity index (χ1n) is 30.5. The van der Waals surface area contributed by atoms with E-state index in [0.29, 0.717) is 0 Å². The molecule has 0 aromatic rings. The number of rotatable bonds is 24. The number of aliphatic hydroxyl groups is 22. The minimum Gasteiger partial charge on any atom is -0.394 e. The minimum absolute atomic E-state index is 0.767. The summed E-state index contributed by atoms with van der Waals surface area (Å²) in [6.07, 6.45) is -73.1. The van der Waals surface area contributed by atoms with Crippen LogP contribution in [0.25, 0.3) is 0 Å². The standard InChI is InChI=1S/C53H89N3O40/c1-12(63)54-23-31(72)40(19(7-60)84-46(23)81)91-47-24(55-13(2)64)33(74)42(21(9-62)88-47)93-53-45(96-49-37(78)26(67)15(66)10-82-49)43(94-51-39(80)35(76)28(69)17(5-58)86-51)30(71)22(90-53)11-83-52-44(36(77)29(70)18(6-59)87-52)95-48-25(56-14(3)65)32(73)41(20(8-61)89-48)92-50-38(79)34(75)27(68)16(4-57)85-50/h15-53,57-62,66-81H,4-11H2,1-3H3,(H,54,63)(H,55,64)(H,56,65)/t15-,16-,17-,18-,19-,20-,21-,22-,23-,24-,25-,26+,27+,28-,29-,30-,31-,32-,33-,34+,35+,36+,37-,38-,39+,40-,41-,42-,43+,44+,45+,46-,47+,48+,49+,50+,51-,52+,53+/m1/s1. The van der Waals surface area contributed by atoms with E-state index in [1.165, 1.54) is 0 Å². The lowest BCUT2D eigenvalue weighted by Gasteiger charge is -2.51. The zero-order valence-electron chi connectivity index (χ0n) is 51.4. The first-order valence-corrected chi connectivity index (χ1v) is 30.5. The summed E-state index contributed by atoms with van der Waals surface area (Å²) in [4.78, 5) is 37.8. The van der Waals surface area contributed by atoms with Crippen LogP contribution in [0.15, 0.2) is 0 Å². The molecule has 43 heteroatoms. The Kier molecular flexibility index (Phi) is 28.1. The van der Waals surface area contributed by atoms with E-state index in [1.54, 1.807) is 0 Å². The molecule has 0 aromatic carbocycles. The molecule has 0 unspecified atom stereocenters. The van der Waals surface area contributed by atoms with Crippen LogP contribution in [0.4, 0.5) is 0 Å². The molecule has 0 aromatic heterocycles. The minimum atomic E-state index is -2.38. The van der Waals surface area contributed by atoms with Gasteiger partial charge >= 0.3 is 0 Å². The van der Waals surface area contributed by atoms with Crippen molar-refractivity contribution >= 4 is 17.7 Å². The summed E-state index contributed by atoms with van der Waals surface area (Å²) in [6.45, 7) is -5.22. The molecule has 0 aliphatic carbocycles. The lowest BCUT2D eigenvalue weighted by atomic mass is 9.93. The van der Waals surface area contributed by atoms with E-state index in [4.69, 9.17) is 71.1 Å². The maximum absolute atomic E-state index is 12.9. The van der Waals surface area contributed by atoms with Gasteiger partial charge in [0.2, 0.25) is 17.7 Å². The van der Waals surface area contributed by atoms with E-state index in [9.17, 15) is 127 Å². The molecule has 25 N–H and O–H groups in total. The van der Waals surface area contributed by atoms with E-state index in [1.807, 2.05) is 0 Å². The normalized spacial score (nSPS) is 49.5. The van der Waals surface area contributed by atoms with Crippen molar-refractivity contribution in [1.29, 1.82) is 0 Å². The highest BCUT2D eigenvalue weighted by Crippen LogP contribution is 2.39. The monoisotopic (exact) mass is 1410 g/mol. The fourth-order valence-electron chi connectivity index (χ4n) is 12.3. The second-order valence-electron chi connectivity index (χ2n) is 24.2. The highest BCUT2D eigenvalue weighted by atomic mass is 16.8. The molecule has 96 heavy (non-hydrogen) atoms. The summed E-state index contributed by atoms with van der Waals surface area (Å²) in [5.41, 5.74) is 0. The third-order valence-corrected chi connectivity index (χ3v) is 17.5. The van der Waals surface area contributed by atoms with Crippen molar-refractivity contribution < 1.29 is 198 Å². The van der Waals surface area contributed by atoms with Gasteiger partial charge < -0.3 is 199 Å². The van der Waals surface area contributed by atoms with Gasteiger partial charge in [-0.05, 0) is 0 Å². The number of aliphatic hydroxyl groups excluding tert-OH is 22. The van der Waals surface area contributed by atoms with Crippen LogP contribution in [-0.4, -0.2) is 422 Å². The fraction of sp³-hybridized carbons (Fsp3) is 0.943. The predicted octanol–water partition coefficient (Wildman–Crippen LogP) is -17.4. The zero-order chi connectivity index (χ0) is 70.6. The number of nitrogens with one attached hydrogen (secondary N) is 3. The highest BCUT2D eigenvalue weighted by molar-refractivity contribution is 5.74. The number of carbonyl (C=O) groups is 3. The van der Waals surface area contributed by atoms with Crippen LogP contribution in [0.2, 0.25) is 0 Å². The molecule has 43 nitrogen and oxygen atoms in total. The van der Waals surface area contributed by atoms with E-state index < -0.39 is 310 Å². The van der Waals surface area contributed by atoms with Crippen molar-refractivity contribution in [3.8, 4) is 0 Å². The largest absolute Gasteiger partial charge is 0.394 e. The van der Waals surface area contributed by atoms with E-state index in [0.717, 1.165) is 20.8 Å². The van der Waals surface area contributed by atoms with E-state index in [2.05, 4.69) is 16.0 Å². The van der Waals surface area contributed by atoms with Crippen LogP contribution in [0, 0.1) is 0 Å². The van der Waals surface area contributed by atoms with E-state index >= 15 is 0 Å². The average Bonchev–Trinajstić information content (AvgIpc) is 0.770. The van der Waals surface area contributed by atoms with Gasteiger partial charge in [0.15, 0.2) is 50.3 Å². The Labute approximate surface area is 543 Å². The Morgan fingerprint density at radius 1 is 0.312 bits per heavy atom. The molecule has 39 atom stereocenters. The molecule has 556 valence electrons. The maximum Gasteiger partial charge on any atom is 0.217 e. The van der Waals surface area contributed by atoms with E-state index in [-0.39, 0.29) is 0 Å². The fourth-order valence-corrected chi connectivity index (χ4v) is 12.3. The van der Waals surface area contributed by atoms with Crippen LogP contribution in [0.3, 0.4) is 0 Å². The lowest BCUT2D eigenvalue weighted by Crippen LogP contribution is -2.71. The molecular weight excluding hydrogens is 1320 g/mol. The quantitative estimate of drug-likeness (QED) is 0.0427. The van der Waals surface area contributed by atoms with Crippen LogP contribution in [-0.2, 0) is 85.4 Å². The van der Waals surface area contributed by atoms with Gasteiger partial charge in [0.05, 0.1) is 52.9 Å². The topological polar surface area (TPSA) is 671 Å². The molecule has 3 amide bonds. The van der Waals surface area contributed by atoms with Crippen LogP contribution >= 0.6 is 0 Å².